The van der Waals surface area contributed by atoms with Crippen LogP contribution in [0.3, 0.4) is 0 Å². The van der Waals surface area contributed by atoms with E-state index in [2.05, 4.69) is 27.7 Å². The molecule has 0 spiro atoms. The first-order valence-corrected chi connectivity index (χ1v) is 11.5. The average Bonchev–Trinajstić information content (AvgIpc) is 2.73. The number of hydrogen-bond donors (Lipinski definition) is 0. The van der Waals surface area contributed by atoms with Gasteiger partial charge in [0, 0.05) is 12.8 Å². The minimum absolute atomic E-state index is 1.28. The summed E-state index contributed by atoms with van der Waals surface area (Å²) in [5.74, 6) is -39.5. The fourth-order valence-electron chi connectivity index (χ4n) is 2.76. The largest absolute Gasteiger partial charge is 0.743 e. The summed E-state index contributed by atoms with van der Waals surface area (Å²) in [5, 5.41) is -7.70. The number of halogens is 15. The Balaban J connectivity index is 0. The van der Waals surface area contributed by atoms with Gasteiger partial charge in [0.2, 0.25) is 0 Å². The van der Waals surface area contributed by atoms with Crippen LogP contribution in [0.15, 0.2) is 0 Å². The van der Waals surface area contributed by atoms with Gasteiger partial charge >= 0.3 is 41.0 Å². The van der Waals surface area contributed by atoms with Gasteiger partial charge in [0.05, 0.1) is 26.2 Å². The Morgan fingerprint density at radius 2 is 0.838 bits per heavy atom. The van der Waals surface area contributed by atoms with Crippen molar-refractivity contribution in [2.45, 2.75) is 81.6 Å². The van der Waals surface area contributed by atoms with Crippen LogP contribution >= 0.6 is 0 Å². The third-order valence-corrected chi connectivity index (χ3v) is 6.61. The molecule has 0 rings (SSSR count). The van der Waals surface area contributed by atoms with Crippen molar-refractivity contribution < 1.29 is 83.3 Å². The molecule has 0 bridgehead atoms. The van der Waals surface area contributed by atoms with Gasteiger partial charge in [0.1, 0.15) is 0 Å². The zero-order valence-corrected chi connectivity index (χ0v) is 20.3. The van der Waals surface area contributed by atoms with Crippen LogP contribution in [-0.2, 0) is 10.1 Å². The second-order valence-corrected chi connectivity index (χ2v) is 9.12. The van der Waals surface area contributed by atoms with E-state index in [1.807, 2.05) is 0 Å². The highest BCUT2D eigenvalue weighted by atomic mass is 32.2. The van der Waals surface area contributed by atoms with Crippen LogP contribution in [0.25, 0.3) is 0 Å². The van der Waals surface area contributed by atoms with Crippen LogP contribution in [0.1, 0.15) is 40.5 Å². The lowest BCUT2D eigenvalue weighted by molar-refractivity contribution is -0.921. The Kier molecular flexibility index (Phi) is 11.8. The van der Waals surface area contributed by atoms with Crippen molar-refractivity contribution in [3.05, 3.63) is 0 Å². The summed E-state index contributed by atoms with van der Waals surface area (Å²) >= 11 is 0. The molecule has 37 heavy (non-hydrogen) atoms. The second-order valence-electron chi connectivity index (χ2n) is 7.69. The molecule has 0 aliphatic carbocycles. The smallest absolute Gasteiger partial charge is 0.402 e. The number of alkyl halides is 15. The molecular formula is C17H24F15NO3S. The minimum atomic E-state index is -8.36. The van der Waals surface area contributed by atoms with Crippen molar-refractivity contribution in [1.82, 2.24) is 0 Å². The minimum Gasteiger partial charge on any atom is -0.743 e. The quantitative estimate of drug-likeness (QED) is 0.144. The molecule has 226 valence electrons. The van der Waals surface area contributed by atoms with Crippen LogP contribution < -0.4 is 0 Å². The first-order valence-electron chi connectivity index (χ1n) is 10.1. The Morgan fingerprint density at radius 1 is 0.541 bits per heavy atom. The third-order valence-electron chi connectivity index (χ3n) is 5.73. The molecule has 0 aromatic carbocycles. The van der Waals surface area contributed by atoms with Crippen LogP contribution in [-0.4, -0.2) is 84.7 Å². The summed E-state index contributed by atoms with van der Waals surface area (Å²) in [4.78, 5) is 0. The maximum absolute atomic E-state index is 13.1. The summed E-state index contributed by atoms with van der Waals surface area (Å²) < 4.78 is 222. The van der Waals surface area contributed by atoms with Crippen molar-refractivity contribution >= 4 is 10.1 Å². The zero-order valence-electron chi connectivity index (χ0n) is 19.5. The first kappa shape index (κ1) is 38.0. The molecule has 20 heteroatoms. The van der Waals surface area contributed by atoms with E-state index in [-0.39, 0.29) is 0 Å². The molecule has 0 unspecified atom stereocenters. The zero-order chi connectivity index (χ0) is 30.7. The highest BCUT2D eigenvalue weighted by molar-refractivity contribution is 7.86. The summed E-state index contributed by atoms with van der Waals surface area (Å²) in [6.07, 6.45) is -12.1. The van der Waals surface area contributed by atoms with Crippen LogP contribution in [0.5, 0.6) is 0 Å². The van der Waals surface area contributed by atoms with Gasteiger partial charge in [-0.3, -0.25) is 0 Å². The molecule has 0 aliphatic heterocycles. The summed E-state index contributed by atoms with van der Waals surface area (Å²) in [6, 6.07) is 0. The van der Waals surface area contributed by atoms with Gasteiger partial charge in [-0.1, -0.05) is 0 Å². The van der Waals surface area contributed by atoms with Gasteiger partial charge in [0.25, 0.3) is 0 Å². The van der Waals surface area contributed by atoms with Gasteiger partial charge in [-0.25, -0.2) is 8.42 Å². The van der Waals surface area contributed by atoms with Crippen LogP contribution in [0.4, 0.5) is 65.9 Å². The summed E-state index contributed by atoms with van der Waals surface area (Å²) in [5.41, 5.74) is 0. The molecule has 0 amide bonds. The van der Waals surface area contributed by atoms with Gasteiger partial charge in [-0.05, 0) is 27.7 Å². The van der Waals surface area contributed by atoms with E-state index in [0.717, 1.165) is 0 Å². The predicted octanol–water partition coefficient (Wildman–Crippen LogP) is 6.53. The van der Waals surface area contributed by atoms with Gasteiger partial charge < -0.3 is 9.04 Å². The lowest BCUT2D eigenvalue weighted by Gasteiger charge is -2.41. The van der Waals surface area contributed by atoms with E-state index in [1.54, 1.807) is 0 Å². The Hall–Kier alpha value is -1.18. The second kappa shape index (κ2) is 11.5. The fourth-order valence-corrected chi connectivity index (χ4v) is 3.20. The molecule has 0 atom stereocenters. The van der Waals surface area contributed by atoms with Crippen molar-refractivity contribution in [3.8, 4) is 0 Å². The number of rotatable bonds is 12. The maximum Gasteiger partial charge on any atom is 0.402 e. The van der Waals surface area contributed by atoms with E-state index >= 15 is 0 Å². The highest BCUT2D eigenvalue weighted by Gasteiger charge is 2.91. The van der Waals surface area contributed by atoms with Crippen molar-refractivity contribution in [3.63, 3.8) is 0 Å². The lowest BCUT2D eigenvalue weighted by Crippen LogP contribution is -2.71. The molecular weight excluding hydrogens is 583 g/mol. The maximum atomic E-state index is 13.1. The molecule has 0 fully saturated rings. The fraction of sp³-hybridized carbons (Fsp3) is 1.00. The molecule has 0 heterocycles. The first-order chi connectivity index (χ1) is 15.9. The molecule has 0 saturated heterocycles. The Labute approximate surface area is 202 Å². The van der Waals surface area contributed by atoms with E-state index in [4.69, 9.17) is 0 Å². The molecule has 0 aliphatic rings. The molecule has 0 saturated carbocycles. The number of nitrogens with zero attached hydrogens (tertiary/aromatic N) is 1. The number of quaternary nitrogens is 1. The lowest BCUT2D eigenvalue weighted by atomic mass is 9.92. The Bertz CT molecular complexity index is 820. The number of hydrogen-bond acceptors (Lipinski definition) is 3. The van der Waals surface area contributed by atoms with Crippen molar-refractivity contribution in [2.75, 3.05) is 26.2 Å². The van der Waals surface area contributed by atoms with E-state index in [1.165, 1.54) is 30.7 Å². The van der Waals surface area contributed by atoms with E-state index in [9.17, 15) is 78.8 Å². The third kappa shape index (κ3) is 7.27. The van der Waals surface area contributed by atoms with Gasteiger partial charge in [0.15, 0.2) is 10.1 Å². The van der Waals surface area contributed by atoms with E-state index < -0.39 is 64.0 Å². The molecule has 0 radical (unpaired) electrons. The Morgan fingerprint density at radius 3 is 1.05 bits per heavy atom. The topological polar surface area (TPSA) is 57.2 Å². The average molecular weight is 607 g/mol. The normalized spacial score (nSPS) is 15.4. The van der Waals surface area contributed by atoms with Gasteiger partial charge in [-0.2, -0.15) is 65.9 Å². The molecule has 4 nitrogen and oxygen atoms in total. The summed E-state index contributed by atoms with van der Waals surface area (Å²) in [7, 11) is -7.94. The molecule has 0 aromatic rings. The predicted molar refractivity (Wildman–Crippen MR) is 97.1 cm³/mol. The van der Waals surface area contributed by atoms with Crippen molar-refractivity contribution in [1.29, 1.82) is 0 Å². The molecule has 0 N–H and O–H groups in total. The monoisotopic (exact) mass is 607 g/mol. The van der Waals surface area contributed by atoms with Crippen LogP contribution in [0.2, 0.25) is 0 Å². The van der Waals surface area contributed by atoms with Crippen molar-refractivity contribution in [2.24, 2.45) is 0 Å². The highest BCUT2D eigenvalue weighted by Crippen LogP contribution is 2.61. The summed E-state index contributed by atoms with van der Waals surface area (Å²) in [6.45, 7) is 14.2. The van der Waals surface area contributed by atoms with E-state index in [0.29, 0.717) is 0 Å². The molecule has 0 aromatic heterocycles. The van der Waals surface area contributed by atoms with Crippen LogP contribution in [0, 0.1) is 0 Å². The van der Waals surface area contributed by atoms with Gasteiger partial charge in [-0.15, -0.1) is 0 Å². The SMILES string of the molecule is CC[N+](CC)(CC)CC.O=S(=O)([O-])C(F)(F)C(F)(F)C(F)(F)C(F)(F)C(F)(F)C(F)(F)CCC(F)(F)F. The standard InChI is InChI=1S/C9H5F15O3S.C8H20N/c10-3(11,1-2-4(12,13)14)5(15,16)6(17,18)7(19,20)8(21,22)9(23,24)28(25,26)27;1-5-9(6-2,7-3)8-4/h1-2H2,(H,25,26,27);5-8H2,1-4H3/q;+1/p-1.